The smallest absolute Gasteiger partial charge is 0.305 e. The quantitative estimate of drug-likeness (QED) is 0.890. The van der Waals surface area contributed by atoms with E-state index < -0.39 is 5.97 Å². The molecule has 0 spiro atoms. The van der Waals surface area contributed by atoms with E-state index in [4.69, 9.17) is 10.4 Å². The summed E-state index contributed by atoms with van der Waals surface area (Å²) >= 11 is 3.27. The summed E-state index contributed by atoms with van der Waals surface area (Å²) in [4.78, 5) is 10.5. The standard InChI is InChI=1S/C11H11BrN2O2/c1-7(4-11(15)16)14-9-3-2-8(6-13)10(12)5-9/h2-3,5,7,14H,4H2,1H3,(H,15,16). The first-order valence-electron chi connectivity index (χ1n) is 4.71. The Balaban J connectivity index is 2.72. The number of anilines is 1. The number of aliphatic carboxylic acids is 1. The van der Waals surface area contributed by atoms with E-state index in [9.17, 15) is 4.79 Å². The molecule has 0 saturated carbocycles. The summed E-state index contributed by atoms with van der Waals surface area (Å²) in [6.45, 7) is 1.79. The van der Waals surface area contributed by atoms with E-state index in [1.807, 2.05) is 6.07 Å². The van der Waals surface area contributed by atoms with Crippen LogP contribution in [0.4, 0.5) is 5.69 Å². The highest BCUT2D eigenvalue weighted by Gasteiger charge is 2.08. The van der Waals surface area contributed by atoms with Gasteiger partial charge >= 0.3 is 5.97 Å². The molecule has 0 saturated heterocycles. The van der Waals surface area contributed by atoms with Gasteiger partial charge in [0.05, 0.1) is 12.0 Å². The van der Waals surface area contributed by atoms with Crippen LogP contribution in [0.15, 0.2) is 22.7 Å². The van der Waals surface area contributed by atoms with E-state index in [1.165, 1.54) is 0 Å². The Morgan fingerprint density at radius 2 is 2.38 bits per heavy atom. The summed E-state index contributed by atoms with van der Waals surface area (Å²) in [5.41, 5.74) is 1.34. The highest BCUT2D eigenvalue weighted by molar-refractivity contribution is 9.10. The molecule has 5 heteroatoms. The van der Waals surface area contributed by atoms with Crippen molar-refractivity contribution in [2.45, 2.75) is 19.4 Å². The van der Waals surface area contributed by atoms with E-state index in [2.05, 4.69) is 21.2 Å². The van der Waals surface area contributed by atoms with Crippen molar-refractivity contribution >= 4 is 27.6 Å². The highest BCUT2D eigenvalue weighted by Crippen LogP contribution is 2.21. The summed E-state index contributed by atoms with van der Waals surface area (Å²) in [5.74, 6) is -0.840. The van der Waals surface area contributed by atoms with Crippen molar-refractivity contribution in [2.75, 3.05) is 5.32 Å². The molecule has 0 amide bonds. The second kappa shape index (κ2) is 5.52. The molecule has 0 heterocycles. The average Bonchev–Trinajstić information content (AvgIpc) is 2.16. The zero-order valence-corrected chi connectivity index (χ0v) is 10.3. The van der Waals surface area contributed by atoms with Crippen molar-refractivity contribution in [2.24, 2.45) is 0 Å². The fraction of sp³-hybridized carbons (Fsp3) is 0.273. The van der Waals surface area contributed by atoms with Crippen LogP contribution in [0.1, 0.15) is 18.9 Å². The molecule has 1 aromatic rings. The van der Waals surface area contributed by atoms with Crippen LogP contribution < -0.4 is 5.32 Å². The third-order valence-electron chi connectivity index (χ3n) is 1.98. The van der Waals surface area contributed by atoms with Gasteiger partial charge in [-0.1, -0.05) is 0 Å². The van der Waals surface area contributed by atoms with Crippen molar-refractivity contribution in [3.05, 3.63) is 28.2 Å². The first-order valence-corrected chi connectivity index (χ1v) is 5.50. The SMILES string of the molecule is CC(CC(=O)O)Nc1ccc(C#N)c(Br)c1. The van der Waals surface area contributed by atoms with Crippen LogP contribution >= 0.6 is 15.9 Å². The van der Waals surface area contributed by atoms with Gasteiger partial charge in [-0.25, -0.2) is 0 Å². The van der Waals surface area contributed by atoms with Crippen LogP contribution in [0.3, 0.4) is 0 Å². The number of nitriles is 1. The number of nitrogens with one attached hydrogen (secondary N) is 1. The molecule has 0 aliphatic heterocycles. The maximum Gasteiger partial charge on any atom is 0.305 e. The molecule has 1 aromatic carbocycles. The molecule has 2 N–H and O–H groups in total. The number of benzene rings is 1. The van der Waals surface area contributed by atoms with Crippen LogP contribution in [0, 0.1) is 11.3 Å². The second-order valence-corrected chi connectivity index (χ2v) is 4.30. The monoisotopic (exact) mass is 282 g/mol. The number of halogens is 1. The molecule has 0 aromatic heterocycles. The minimum Gasteiger partial charge on any atom is -0.481 e. The van der Waals surface area contributed by atoms with E-state index in [1.54, 1.807) is 25.1 Å². The van der Waals surface area contributed by atoms with Gasteiger partial charge in [-0.3, -0.25) is 4.79 Å². The van der Waals surface area contributed by atoms with Crippen LogP contribution in [0.25, 0.3) is 0 Å². The van der Waals surface area contributed by atoms with Gasteiger partial charge in [0.25, 0.3) is 0 Å². The Bertz CT molecular complexity index is 440. The molecule has 1 unspecified atom stereocenters. The summed E-state index contributed by atoms with van der Waals surface area (Å²) in [6.07, 6.45) is 0.0532. The summed E-state index contributed by atoms with van der Waals surface area (Å²) < 4.78 is 0.697. The Hall–Kier alpha value is -1.54. The van der Waals surface area contributed by atoms with Gasteiger partial charge in [0, 0.05) is 16.2 Å². The van der Waals surface area contributed by atoms with Crippen LogP contribution in [-0.2, 0) is 4.79 Å². The lowest BCUT2D eigenvalue weighted by molar-refractivity contribution is -0.137. The normalized spacial score (nSPS) is 11.6. The van der Waals surface area contributed by atoms with Gasteiger partial charge in [-0.2, -0.15) is 5.26 Å². The zero-order chi connectivity index (χ0) is 12.1. The molecule has 4 nitrogen and oxygen atoms in total. The first-order chi connectivity index (χ1) is 7.52. The molecular formula is C11H11BrN2O2. The molecule has 0 fully saturated rings. The fourth-order valence-corrected chi connectivity index (χ4v) is 1.76. The zero-order valence-electron chi connectivity index (χ0n) is 8.70. The number of carboxylic acids is 1. The topological polar surface area (TPSA) is 73.1 Å². The van der Waals surface area contributed by atoms with Crippen molar-refractivity contribution < 1.29 is 9.90 Å². The number of rotatable bonds is 4. The number of carboxylic acid groups (broad SMARTS) is 1. The van der Waals surface area contributed by atoms with E-state index in [-0.39, 0.29) is 12.5 Å². The summed E-state index contributed by atoms with van der Waals surface area (Å²) in [7, 11) is 0. The molecule has 16 heavy (non-hydrogen) atoms. The van der Waals surface area contributed by atoms with Gasteiger partial charge in [0.2, 0.25) is 0 Å². The van der Waals surface area contributed by atoms with E-state index in [0.29, 0.717) is 10.0 Å². The molecule has 0 radical (unpaired) electrons. The molecule has 0 bridgehead atoms. The lowest BCUT2D eigenvalue weighted by Crippen LogP contribution is -2.19. The van der Waals surface area contributed by atoms with E-state index in [0.717, 1.165) is 5.69 Å². The Morgan fingerprint density at radius 3 is 2.88 bits per heavy atom. The third-order valence-corrected chi connectivity index (χ3v) is 2.64. The lowest BCUT2D eigenvalue weighted by Gasteiger charge is -2.13. The maximum absolute atomic E-state index is 10.5. The minimum atomic E-state index is -0.840. The number of hydrogen-bond donors (Lipinski definition) is 2. The van der Waals surface area contributed by atoms with Gasteiger partial charge in [0.15, 0.2) is 0 Å². The highest BCUT2D eigenvalue weighted by atomic mass is 79.9. The van der Waals surface area contributed by atoms with Gasteiger partial charge < -0.3 is 10.4 Å². The Morgan fingerprint density at radius 1 is 1.69 bits per heavy atom. The summed E-state index contributed by atoms with van der Waals surface area (Å²) in [5, 5.41) is 20.4. The van der Waals surface area contributed by atoms with Crippen molar-refractivity contribution in [3.63, 3.8) is 0 Å². The van der Waals surface area contributed by atoms with Crippen molar-refractivity contribution in [1.82, 2.24) is 0 Å². The third kappa shape index (κ3) is 3.55. The molecular weight excluding hydrogens is 272 g/mol. The molecule has 1 atom stereocenters. The lowest BCUT2D eigenvalue weighted by atomic mass is 10.2. The van der Waals surface area contributed by atoms with Crippen molar-refractivity contribution in [3.8, 4) is 6.07 Å². The second-order valence-electron chi connectivity index (χ2n) is 3.45. The van der Waals surface area contributed by atoms with Gasteiger partial charge in [-0.15, -0.1) is 0 Å². The fourth-order valence-electron chi connectivity index (χ4n) is 1.29. The number of nitrogens with zero attached hydrogens (tertiary/aromatic N) is 1. The maximum atomic E-state index is 10.5. The Kier molecular flexibility index (Phi) is 4.32. The molecule has 0 aliphatic rings. The minimum absolute atomic E-state index is 0.0532. The van der Waals surface area contributed by atoms with Gasteiger partial charge in [-0.05, 0) is 41.1 Å². The average molecular weight is 283 g/mol. The van der Waals surface area contributed by atoms with Crippen LogP contribution in [0.2, 0.25) is 0 Å². The predicted octanol–water partition coefficient (Wildman–Crippen LogP) is 2.60. The molecule has 1 rings (SSSR count). The van der Waals surface area contributed by atoms with E-state index >= 15 is 0 Å². The molecule has 0 aliphatic carbocycles. The largest absolute Gasteiger partial charge is 0.481 e. The first kappa shape index (κ1) is 12.5. The summed E-state index contributed by atoms with van der Waals surface area (Å²) in [6, 6.07) is 7.08. The molecule has 84 valence electrons. The van der Waals surface area contributed by atoms with Crippen LogP contribution in [-0.4, -0.2) is 17.1 Å². The Labute approximate surface area is 102 Å². The predicted molar refractivity (Wildman–Crippen MR) is 64.2 cm³/mol. The van der Waals surface area contributed by atoms with Crippen molar-refractivity contribution in [1.29, 1.82) is 5.26 Å². The number of hydrogen-bond acceptors (Lipinski definition) is 3. The van der Waals surface area contributed by atoms with Crippen LogP contribution in [0.5, 0.6) is 0 Å². The number of carbonyl (C=O) groups is 1. The van der Waals surface area contributed by atoms with Gasteiger partial charge in [0.1, 0.15) is 6.07 Å².